The van der Waals surface area contributed by atoms with E-state index in [1.54, 1.807) is 25.1 Å². The molecule has 2 heterocycles. The highest BCUT2D eigenvalue weighted by Gasteiger charge is 2.63. The van der Waals surface area contributed by atoms with Crippen LogP contribution in [0.25, 0.3) is 0 Å². The van der Waals surface area contributed by atoms with E-state index in [0.29, 0.717) is 10.2 Å². The third kappa shape index (κ3) is 3.61. The van der Waals surface area contributed by atoms with Crippen LogP contribution >= 0.6 is 15.9 Å². The molecule has 12 heteroatoms. The predicted octanol–water partition coefficient (Wildman–Crippen LogP) is 2.66. The Balaban J connectivity index is 1.84. The van der Waals surface area contributed by atoms with Gasteiger partial charge in [0.05, 0.1) is 22.8 Å². The molecule has 0 radical (unpaired) electrons. The van der Waals surface area contributed by atoms with Gasteiger partial charge in [-0.3, -0.25) is 29.4 Å². The first-order chi connectivity index (χ1) is 15.7. The number of non-ortho nitro benzene ring substituents is 1. The second-order valence-corrected chi connectivity index (χ2v) is 8.06. The van der Waals surface area contributed by atoms with Crippen LogP contribution in [0.1, 0.15) is 25.0 Å². The van der Waals surface area contributed by atoms with Gasteiger partial charge in [0.1, 0.15) is 6.54 Å². The van der Waals surface area contributed by atoms with Crippen LogP contribution in [-0.2, 0) is 29.6 Å². The van der Waals surface area contributed by atoms with E-state index >= 15 is 0 Å². The highest BCUT2D eigenvalue weighted by molar-refractivity contribution is 9.10. The molecule has 2 aliphatic rings. The van der Waals surface area contributed by atoms with Crippen LogP contribution in [0.2, 0.25) is 0 Å². The van der Waals surface area contributed by atoms with Gasteiger partial charge in [0, 0.05) is 29.1 Å². The monoisotopic (exact) mass is 516 g/mol. The normalized spacial score (nSPS) is 18.8. The number of halogens is 1. The van der Waals surface area contributed by atoms with E-state index < -0.39 is 35.0 Å². The minimum Gasteiger partial charge on any atom is -0.465 e. The summed E-state index contributed by atoms with van der Waals surface area (Å²) in [5.41, 5.74) is -1.39. The maximum Gasteiger partial charge on any atom is 0.326 e. The number of nitro benzene ring substituents is 1. The van der Waals surface area contributed by atoms with Crippen LogP contribution in [0.4, 0.5) is 11.4 Å². The van der Waals surface area contributed by atoms with E-state index in [-0.39, 0.29) is 29.3 Å². The molecule has 0 saturated carbocycles. The standard InChI is InChI=1S/C21H17BrN4O7/c1-3-32-18(28)11-24-17-8-7-14(22)10-16(17)21(20(24)29)25(12(2)27)23-19(33-21)13-5-4-6-15(9-13)26(30)31/h4-10H,3,11H2,1-2H3/t21-/m0/s1. The average molecular weight is 517 g/mol. The summed E-state index contributed by atoms with van der Waals surface area (Å²) in [5, 5.41) is 16.3. The predicted molar refractivity (Wildman–Crippen MR) is 118 cm³/mol. The number of nitrogens with zero attached hydrogens (tertiary/aromatic N) is 4. The first-order valence-corrected chi connectivity index (χ1v) is 10.6. The fourth-order valence-electron chi connectivity index (χ4n) is 3.74. The summed E-state index contributed by atoms with van der Waals surface area (Å²) in [4.78, 5) is 50.3. The van der Waals surface area contributed by atoms with Crippen molar-refractivity contribution in [1.82, 2.24) is 5.01 Å². The number of nitro groups is 1. The lowest BCUT2D eigenvalue weighted by molar-refractivity contribution is -0.384. The molecule has 4 rings (SSSR count). The smallest absolute Gasteiger partial charge is 0.326 e. The lowest BCUT2D eigenvalue weighted by Crippen LogP contribution is -2.52. The molecular formula is C21H17BrN4O7. The lowest BCUT2D eigenvalue weighted by atomic mass is 10.0. The number of carbonyl (C=O) groups is 3. The van der Waals surface area contributed by atoms with Gasteiger partial charge in [-0.2, -0.15) is 5.01 Å². The van der Waals surface area contributed by atoms with Gasteiger partial charge in [-0.05, 0) is 31.2 Å². The first-order valence-electron chi connectivity index (χ1n) is 9.80. The Bertz CT molecular complexity index is 1230. The van der Waals surface area contributed by atoms with Crippen molar-refractivity contribution in [2.24, 2.45) is 5.10 Å². The molecule has 0 aliphatic carbocycles. The van der Waals surface area contributed by atoms with Crippen molar-refractivity contribution in [3.05, 3.63) is 68.2 Å². The van der Waals surface area contributed by atoms with Gasteiger partial charge in [-0.25, -0.2) is 0 Å². The third-order valence-electron chi connectivity index (χ3n) is 5.08. The van der Waals surface area contributed by atoms with Crippen molar-refractivity contribution >= 4 is 51.0 Å². The Kier molecular flexibility index (Phi) is 5.62. The zero-order chi connectivity index (χ0) is 23.9. The second-order valence-electron chi connectivity index (χ2n) is 7.15. The molecule has 0 unspecified atom stereocenters. The molecule has 2 aliphatic heterocycles. The number of ether oxygens (including phenoxy) is 2. The van der Waals surface area contributed by atoms with Gasteiger partial charge >= 0.3 is 17.6 Å². The zero-order valence-corrected chi connectivity index (χ0v) is 19.1. The molecule has 0 N–H and O–H groups in total. The van der Waals surface area contributed by atoms with Gasteiger partial charge in [-0.1, -0.05) is 22.0 Å². The number of hydrazone groups is 1. The molecule has 0 bridgehead atoms. The topological polar surface area (TPSA) is 132 Å². The summed E-state index contributed by atoms with van der Waals surface area (Å²) >= 11 is 3.36. The van der Waals surface area contributed by atoms with E-state index in [1.807, 2.05) is 0 Å². The molecule has 33 heavy (non-hydrogen) atoms. The van der Waals surface area contributed by atoms with Gasteiger partial charge in [0.15, 0.2) is 0 Å². The molecule has 2 aromatic carbocycles. The Morgan fingerprint density at radius 3 is 2.70 bits per heavy atom. The minimum absolute atomic E-state index is 0.134. The molecule has 2 amide bonds. The Morgan fingerprint density at radius 2 is 2.03 bits per heavy atom. The van der Waals surface area contributed by atoms with E-state index in [1.165, 1.54) is 36.1 Å². The average Bonchev–Trinajstić information content (AvgIpc) is 3.28. The number of amides is 2. The van der Waals surface area contributed by atoms with Crippen LogP contribution < -0.4 is 4.90 Å². The van der Waals surface area contributed by atoms with Crippen LogP contribution in [0.15, 0.2) is 52.0 Å². The van der Waals surface area contributed by atoms with Gasteiger partial charge < -0.3 is 9.47 Å². The molecule has 170 valence electrons. The first kappa shape index (κ1) is 22.4. The number of carbonyl (C=O) groups excluding carboxylic acids is 3. The van der Waals surface area contributed by atoms with Crippen LogP contribution in [0.3, 0.4) is 0 Å². The van der Waals surface area contributed by atoms with Crippen LogP contribution in [-0.4, -0.2) is 46.8 Å². The number of fused-ring (bicyclic) bond motifs is 2. The molecule has 0 saturated heterocycles. The zero-order valence-electron chi connectivity index (χ0n) is 17.5. The van der Waals surface area contributed by atoms with E-state index in [9.17, 15) is 24.5 Å². The second kappa shape index (κ2) is 8.28. The number of hydrogen-bond donors (Lipinski definition) is 0. The quantitative estimate of drug-likeness (QED) is 0.339. The summed E-state index contributed by atoms with van der Waals surface area (Å²) < 4.78 is 11.6. The van der Waals surface area contributed by atoms with Crippen molar-refractivity contribution in [3.8, 4) is 0 Å². The highest BCUT2D eigenvalue weighted by atomic mass is 79.9. The summed E-state index contributed by atoms with van der Waals surface area (Å²) in [6.07, 6.45) is 0. The van der Waals surface area contributed by atoms with Crippen molar-refractivity contribution in [2.45, 2.75) is 19.6 Å². The molecular weight excluding hydrogens is 500 g/mol. The summed E-state index contributed by atoms with van der Waals surface area (Å²) in [6.45, 7) is 2.59. The van der Waals surface area contributed by atoms with Gasteiger partial charge in [-0.15, -0.1) is 5.10 Å². The number of benzene rings is 2. The van der Waals surface area contributed by atoms with Crippen LogP contribution in [0, 0.1) is 10.1 Å². The SMILES string of the molecule is CCOC(=O)CN1C(=O)[C@@]2(OC(c3cccc([N+](=O)[O-])c3)=NN2C(C)=O)c2cc(Br)ccc21. The maximum absolute atomic E-state index is 13.7. The molecule has 0 aromatic heterocycles. The number of rotatable bonds is 5. The van der Waals surface area contributed by atoms with E-state index in [4.69, 9.17) is 9.47 Å². The van der Waals surface area contributed by atoms with Crippen molar-refractivity contribution in [1.29, 1.82) is 0 Å². The molecule has 11 nitrogen and oxygen atoms in total. The summed E-state index contributed by atoms with van der Waals surface area (Å²) in [6, 6.07) is 10.4. The van der Waals surface area contributed by atoms with Crippen molar-refractivity contribution in [2.75, 3.05) is 18.1 Å². The fourth-order valence-corrected chi connectivity index (χ4v) is 4.11. The largest absolute Gasteiger partial charge is 0.465 e. The van der Waals surface area contributed by atoms with E-state index in [2.05, 4.69) is 21.0 Å². The maximum atomic E-state index is 13.7. The van der Waals surface area contributed by atoms with Crippen molar-refractivity contribution < 1.29 is 28.8 Å². The number of anilines is 1. The molecule has 1 spiro atoms. The van der Waals surface area contributed by atoms with Gasteiger partial charge in [0.25, 0.3) is 5.69 Å². The molecule has 2 aromatic rings. The highest BCUT2D eigenvalue weighted by Crippen LogP contribution is 2.49. The van der Waals surface area contributed by atoms with Crippen LogP contribution in [0.5, 0.6) is 0 Å². The molecule has 0 fully saturated rings. The Hall–Kier alpha value is -3.80. The summed E-state index contributed by atoms with van der Waals surface area (Å²) in [7, 11) is 0. The lowest BCUT2D eigenvalue weighted by Gasteiger charge is -2.29. The van der Waals surface area contributed by atoms with E-state index in [0.717, 1.165) is 5.01 Å². The molecule has 1 atom stereocenters. The Labute approximate surface area is 195 Å². The van der Waals surface area contributed by atoms with Gasteiger partial charge in [0.2, 0.25) is 11.8 Å². The number of hydrogen-bond acceptors (Lipinski definition) is 8. The minimum atomic E-state index is -2.02. The number of esters is 1. The fraction of sp³-hybridized carbons (Fsp3) is 0.238. The summed E-state index contributed by atoms with van der Waals surface area (Å²) in [5.74, 6) is -2.11. The Morgan fingerprint density at radius 1 is 1.27 bits per heavy atom. The third-order valence-corrected chi connectivity index (χ3v) is 5.57. The van der Waals surface area contributed by atoms with Crippen molar-refractivity contribution in [3.63, 3.8) is 0 Å².